The minimum absolute atomic E-state index is 0.123. The lowest BCUT2D eigenvalue weighted by Crippen LogP contribution is -2.09. The van der Waals surface area contributed by atoms with Gasteiger partial charge in [0.15, 0.2) is 5.75 Å². The maximum Gasteiger partial charge on any atom is 0.360 e. The molecular formula is C16H20N2O3. The summed E-state index contributed by atoms with van der Waals surface area (Å²) in [5.41, 5.74) is 0.519. The summed E-state index contributed by atoms with van der Waals surface area (Å²) in [5.74, 6) is -0.794. The minimum atomic E-state index is -1.12. The van der Waals surface area contributed by atoms with Crippen molar-refractivity contribution in [2.24, 2.45) is 0 Å². The van der Waals surface area contributed by atoms with Crippen LogP contribution in [-0.4, -0.2) is 27.9 Å². The van der Waals surface area contributed by atoms with Crippen molar-refractivity contribution in [2.45, 2.75) is 39.0 Å². The smallest absolute Gasteiger partial charge is 0.360 e. The standard InChI is InChI=1S/C16H20N2O3/c1-2-3-4-5-8-11-21-15-12-9-6-7-10-13(12)17-18-14(15)16(19)20/h6-7,9-10H,2-5,8,11H2,1H3,(H,19,20). The van der Waals surface area contributed by atoms with Gasteiger partial charge in [-0.05, 0) is 18.6 Å². The van der Waals surface area contributed by atoms with Gasteiger partial charge in [0.25, 0.3) is 0 Å². The molecule has 0 spiro atoms. The molecule has 0 fully saturated rings. The van der Waals surface area contributed by atoms with E-state index < -0.39 is 5.97 Å². The number of carbonyl (C=O) groups is 1. The van der Waals surface area contributed by atoms with Crippen LogP contribution in [0.1, 0.15) is 49.5 Å². The van der Waals surface area contributed by atoms with E-state index in [9.17, 15) is 9.90 Å². The molecule has 1 heterocycles. The van der Waals surface area contributed by atoms with Gasteiger partial charge in [-0.3, -0.25) is 0 Å². The molecule has 112 valence electrons. The Morgan fingerprint density at radius 3 is 2.67 bits per heavy atom. The van der Waals surface area contributed by atoms with E-state index in [2.05, 4.69) is 17.1 Å². The Bertz CT molecular complexity index is 613. The Hall–Kier alpha value is -2.17. The van der Waals surface area contributed by atoms with Crippen LogP contribution in [0.5, 0.6) is 5.75 Å². The van der Waals surface area contributed by atoms with Crippen LogP contribution < -0.4 is 4.74 Å². The first kappa shape index (κ1) is 15.2. The molecular weight excluding hydrogens is 268 g/mol. The van der Waals surface area contributed by atoms with Crippen LogP contribution in [0.25, 0.3) is 10.9 Å². The second-order valence-electron chi connectivity index (χ2n) is 4.96. The molecule has 0 atom stereocenters. The van der Waals surface area contributed by atoms with Crippen LogP contribution in [0.3, 0.4) is 0 Å². The Kier molecular flexibility index (Phi) is 5.49. The third-order valence-electron chi connectivity index (χ3n) is 3.32. The molecule has 0 radical (unpaired) electrons. The molecule has 0 bridgehead atoms. The second-order valence-corrected chi connectivity index (χ2v) is 4.96. The fourth-order valence-electron chi connectivity index (χ4n) is 2.20. The summed E-state index contributed by atoms with van der Waals surface area (Å²) in [6.45, 7) is 2.67. The van der Waals surface area contributed by atoms with E-state index in [-0.39, 0.29) is 5.69 Å². The molecule has 1 aromatic heterocycles. The summed E-state index contributed by atoms with van der Waals surface area (Å²) in [7, 11) is 0. The SMILES string of the molecule is CCCCCCCOc1c(C(=O)O)nnc2ccccc12. The van der Waals surface area contributed by atoms with E-state index in [1.165, 1.54) is 19.3 Å². The first-order valence-corrected chi connectivity index (χ1v) is 7.35. The first-order chi connectivity index (χ1) is 10.2. The van der Waals surface area contributed by atoms with Gasteiger partial charge in [-0.1, -0.05) is 44.7 Å². The van der Waals surface area contributed by atoms with Crippen molar-refractivity contribution in [3.05, 3.63) is 30.0 Å². The van der Waals surface area contributed by atoms with Crippen molar-refractivity contribution in [3.8, 4) is 5.75 Å². The zero-order valence-corrected chi connectivity index (χ0v) is 12.2. The Labute approximate surface area is 124 Å². The summed E-state index contributed by atoms with van der Waals surface area (Å²) < 4.78 is 5.71. The van der Waals surface area contributed by atoms with Crippen molar-refractivity contribution >= 4 is 16.9 Å². The largest absolute Gasteiger partial charge is 0.490 e. The first-order valence-electron chi connectivity index (χ1n) is 7.35. The number of nitrogens with zero attached hydrogens (tertiary/aromatic N) is 2. The zero-order valence-electron chi connectivity index (χ0n) is 12.2. The normalized spacial score (nSPS) is 10.7. The van der Waals surface area contributed by atoms with Crippen LogP contribution in [0.15, 0.2) is 24.3 Å². The number of aromatic carboxylic acids is 1. The van der Waals surface area contributed by atoms with Gasteiger partial charge in [0, 0.05) is 5.39 Å². The maximum absolute atomic E-state index is 11.3. The van der Waals surface area contributed by atoms with Crippen LogP contribution in [0, 0.1) is 0 Å². The van der Waals surface area contributed by atoms with Gasteiger partial charge < -0.3 is 9.84 Å². The van der Waals surface area contributed by atoms with Gasteiger partial charge >= 0.3 is 5.97 Å². The van der Waals surface area contributed by atoms with Gasteiger partial charge in [-0.2, -0.15) is 0 Å². The minimum Gasteiger partial charge on any atom is -0.490 e. The van der Waals surface area contributed by atoms with Crippen molar-refractivity contribution in [2.75, 3.05) is 6.61 Å². The Morgan fingerprint density at radius 2 is 1.90 bits per heavy atom. The Balaban J connectivity index is 2.12. The monoisotopic (exact) mass is 288 g/mol. The fraction of sp³-hybridized carbons (Fsp3) is 0.438. The summed E-state index contributed by atoms with van der Waals surface area (Å²) in [4.78, 5) is 11.3. The molecule has 1 N–H and O–H groups in total. The number of fused-ring (bicyclic) bond motifs is 1. The predicted octanol–water partition coefficient (Wildman–Crippen LogP) is 3.68. The van der Waals surface area contributed by atoms with Gasteiger partial charge in [0.1, 0.15) is 0 Å². The highest BCUT2D eigenvalue weighted by Gasteiger charge is 2.17. The molecule has 0 saturated carbocycles. The third-order valence-corrected chi connectivity index (χ3v) is 3.32. The van der Waals surface area contributed by atoms with Gasteiger partial charge in [0.05, 0.1) is 12.1 Å². The van der Waals surface area contributed by atoms with E-state index in [0.29, 0.717) is 23.3 Å². The molecule has 2 rings (SSSR count). The lowest BCUT2D eigenvalue weighted by Gasteiger charge is -2.10. The maximum atomic E-state index is 11.3. The van der Waals surface area contributed by atoms with Gasteiger partial charge in [-0.25, -0.2) is 4.79 Å². The summed E-state index contributed by atoms with van der Waals surface area (Å²) in [6, 6.07) is 7.28. The average molecular weight is 288 g/mol. The van der Waals surface area contributed by atoms with E-state index in [4.69, 9.17) is 4.74 Å². The molecule has 1 aromatic carbocycles. The molecule has 0 aliphatic rings. The molecule has 0 unspecified atom stereocenters. The molecule has 21 heavy (non-hydrogen) atoms. The summed E-state index contributed by atoms with van der Waals surface area (Å²) in [5, 5.41) is 17.6. The number of ether oxygens (including phenoxy) is 1. The molecule has 5 heteroatoms. The highest BCUT2D eigenvalue weighted by molar-refractivity contribution is 5.96. The van der Waals surface area contributed by atoms with Gasteiger partial charge in [0.2, 0.25) is 5.69 Å². The van der Waals surface area contributed by atoms with Crippen molar-refractivity contribution in [1.82, 2.24) is 10.2 Å². The molecule has 0 amide bonds. The zero-order chi connectivity index (χ0) is 15.1. The topological polar surface area (TPSA) is 72.3 Å². The van der Waals surface area contributed by atoms with Crippen molar-refractivity contribution in [3.63, 3.8) is 0 Å². The van der Waals surface area contributed by atoms with Crippen LogP contribution in [0.4, 0.5) is 0 Å². The quantitative estimate of drug-likeness (QED) is 0.750. The second kappa shape index (κ2) is 7.57. The number of rotatable bonds is 8. The number of carboxylic acids is 1. The van der Waals surface area contributed by atoms with E-state index >= 15 is 0 Å². The fourth-order valence-corrected chi connectivity index (χ4v) is 2.20. The average Bonchev–Trinajstić information content (AvgIpc) is 2.50. The number of aromatic nitrogens is 2. The number of hydrogen-bond donors (Lipinski definition) is 1. The lowest BCUT2D eigenvalue weighted by atomic mass is 10.1. The van der Waals surface area contributed by atoms with Crippen molar-refractivity contribution in [1.29, 1.82) is 0 Å². The van der Waals surface area contributed by atoms with E-state index in [1.807, 2.05) is 18.2 Å². The van der Waals surface area contributed by atoms with E-state index in [0.717, 1.165) is 12.8 Å². The molecule has 0 aliphatic heterocycles. The Morgan fingerprint density at radius 1 is 1.14 bits per heavy atom. The third kappa shape index (κ3) is 3.90. The predicted molar refractivity (Wildman–Crippen MR) is 80.8 cm³/mol. The molecule has 0 aliphatic carbocycles. The lowest BCUT2D eigenvalue weighted by molar-refractivity contribution is 0.0684. The van der Waals surface area contributed by atoms with Crippen LogP contribution in [-0.2, 0) is 0 Å². The number of hydrogen-bond acceptors (Lipinski definition) is 4. The summed E-state index contributed by atoms with van der Waals surface area (Å²) in [6.07, 6.45) is 5.60. The number of carboxylic acid groups (broad SMARTS) is 1. The highest BCUT2D eigenvalue weighted by atomic mass is 16.5. The number of unbranched alkanes of at least 4 members (excludes halogenated alkanes) is 4. The van der Waals surface area contributed by atoms with E-state index in [1.54, 1.807) is 6.07 Å². The van der Waals surface area contributed by atoms with Crippen LogP contribution in [0.2, 0.25) is 0 Å². The number of benzene rings is 1. The molecule has 0 saturated heterocycles. The van der Waals surface area contributed by atoms with Gasteiger partial charge in [-0.15, -0.1) is 10.2 Å². The summed E-state index contributed by atoms with van der Waals surface area (Å²) >= 11 is 0. The van der Waals surface area contributed by atoms with Crippen LogP contribution >= 0.6 is 0 Å². The highest BCUT2D eigenvalue weighted by Crippen LogP contribution is 2.27. The molecule has 5 nitrogen and oxygen atoms in total. The molecule has 2 aromatic rings. The van der Waals surface area contributed by atoms with Crippen molar-refractivity contribution < 1.29 is 14.6 Å².